The summed E-state index contributed by atoms with van der Waals surface area (Å²) in [4.78, 5) is 4.13. The molecule has 2 rings (SSSR count). The second-order valence-electron chi connectivity index (χ2n) is 3.19. The van der Waals surface area contributed by atoms with E-state index in [2.05, 4.69) is 26.2 Å². The molecule has 1 aliphatic rings. The molecule has 1 aromatic rings. The van der Waals surface area contributed by atoms with Crippen LogP contribution >= 0.6 is 15.9 Å². The molecule has 1 heterocycles. The number of halogens is 1. The summed E-state index contributed by atoms with van der Waals surface area (Å²) in [5, 5.41) is 3.35. The summed E-state index contributed by atoms with van der Waals surface area (Å²) in [5.41, 5.74) is 1.12. The lowest BCUT2D eigenvalue weighted by Gasteiger charge is -2.03. The number of anilines is 1. The van der Waals surface area contributed by atoms with Crippen LogP contribution in [0.1, 0.15) is 12.8 Å². The zero-order chi connectivity index (χ0) is 8.39. The van der Waals surface area contributed by atoms with Crippen LogP contribution in [-0.2, 0) is 0 Å². The van der Waals surface area contributed by atoms with Crippen LogP contribution in [-0.4, -0.2) is 11.5 Å². The van der Waals surface area contributed by atoms with Gasteiger partial charge in [0.05, 0.1) is 11.9 Å². The molecule has 1 aliphatic carbocycles. The summed E-state index contributed by atoms with van der Waals surface area (Å²) >= 11 is 3.30. The van der Waals surface area contributed by atoms with Gasteiger partial charge in [-0.05, 0) is 46.8 Å². The molecule has 1 fully saturated rings. The van der Waals surface area contributed by atoms with Gasteiger partial charge in [0.15, 0.2) is 0 Å². The number of nitrogens with one attached hydrogen (secondary N) is 1. The van der Waals surface area contributed by atoms with Crippen LogP contribution in [0.5, 0.6) is 0 Å². The summed E-state index contributed by atoms with van der Waals surface area (Å²) in [6.45, 7) is 1.10. The SMILES string of the molecule is Brc1ccc(NCC2CC2)cn1. The van der Waals surface area contributed by atoms with Gasteiger partial charge in [-0.1, -0.05) is 0 Å². The second-order valence-corrected chi connectivity index (χ2v) is 4.01. The molecule has 1 N–H and O–H groups in total. The minimum Gasteiger partial charge on any atom is -0.384 e. The quantitative estimate of drug-likeness (QED) is 0.803. The van der Waals surface area contributed by atoms with Gasteiger partial charge in [0.2, 0.25) is 0 Å². The Kier molecular flexibility index (Phi) is 2.30. The second kappa shape index (κ2) is 3.44. The van der Waals surface area contributed by atoms with Crippen molar-refractivity contribution >= 4 is 21.6 Å². The maximum Gasteiger partial charge on any atom is 0.106 e. The molecule has 2 nitrogen and oxygen atoms in total. The number of rotatable bonds is 3. The Morgan fingerprint density at radius 2 is 2.33 bits per heavy atom. The number of aromatic nitrogens is 1. The predicted octanol–water partition coefficient (Wildman–Crippen LogP) is 2.67. The molecule has 0 saturated heterocycles. The smallest absolute Gasteiger partial charge is 0.106 e. The largest absolute Gasteiger partial charge is 0.384 e. The van der Waals surface area contributed by atoms with Crippen molar-refractivity contribution in [3.8, 4) is 0 Å². The number of nitrogens with zero attached hydrogens (tertiary/aromatic N) is 1. The van der Waals surface area contributed by atoms with E-state index in [4.69, 9.17) is 0 Å². The third-order valence-electron chi connectivity index (χ3n) is 2.02. The first-order chi connectivity index (χ1) is 5.84. The molecule has 0 unspecified atom stereocenters. The monoisotopic (exact) mass is 226 g/mol. The minimum absolute atomic E-state index is 0.888. The van der Waals surface area contributed by atoms with Crippen LogP contribution in [0.2, 0.25) is 0 Å². The van der Waals surface area contributed by atoms with E-state index >= 15 is 0 Å². The predicted molar refractivity (Wildman–Crippen MR) is 53.2 cm³/mol. The molecule has 0 amide bonds. The van der Waals surface area contributed by atoms with Gasteiger partial charge in [-0.15, -0.1) is 0 Å². The van der Waals surface area contributed by atoms with E-state index in [0.29, 0.717) is 0 Å². The Balaban J connectivity index is 1.89. The lowest BCUT2D eigenvalue weighted by atomic mass is 10.4. The highest BCUT2D eigenvalue weighted by atomic mass is 79.9. The Hall–Kier alpha value is -0.570. The fraction of sp³-hybridized carbons (Fsp3) is 0.444. The Bertz CT molecular complexity index is 254. The van der Waals surface area contributed by atoms with Crippen molar-refractivity contribution in [2.45, 2.75) is 12.8 Å². The molecule has 0 atom stereocenters. The molecule has 3 heteroatoms. The van der Waals surface area contributed by atoms with Crippen molar-refractivity contribution in [3.05, 3.63) is 22.9 Å². The third kappa shape index (κ3) is 2.21. The van der Waals surface area contributed by atoms with Crippen molar-refractivity contribution in [3.63, 3.8) is 0 Å². The third-order valence-corrected chi connectivity index (χ3v) is 2.49. The van der Waals surface area contributed by atoms with Gasteiger partial charge in [-0.25, -0.2) is 4.98 Å². The van der Waals surface area contributed by atoms with E-state index in [1.165, 1.54) is 12.8 Å². The molecule has 1 aromatic heterocycles. The van der Waals surface area contributed by atoms with Crippen LogP contribution in [0, 0.1) is 5.92 Å². The average molecular weight is 227 g/mol. The molecule has 0 radical (unpaired) electrons. The summed E-state index contributed by atoms with van der Waals surface area (Å²) in [5.74, 6) is 0.911. The van der Waals surface area contributed by atoms with E-state index in [-0.39, 0.29) is 0 Å². The molecule has 12 heavy (non-hydrogen) atoms. The number of hydrogen-bond acceptors (Lipinski definition) is 2. The molecule has 1 saturated carbocycles. The Morgan fingerprint density at radius 3 is 2.92 bits per heavy atom. The van der Waals surface area contributed by atoms with Crippen molar-refractivity contribution in [2.24, 2.45) is 5.92 Å². The standard InChI is InChI=1S/C9H11BrN2/c10-9-4-3-8(6-12-9)11-5-7-1-2-7/h3-4,6-7,11H,1-2,5H2. The summed E-state index contributed by atoms with van der Waals surface area (Å²) in [7, 11) is 0. The van der Waals surface area contributed by atoms with Crippen LogP contribution in [0.25, 0.3) is 0 Å². The highest BCUT2D eigenvalue weighted by Gasteiger charge is 2.20. The van der Waals surface area contributed by atoms with Gasteiger partial charge in [-0.3, -0.25) is 0 Å². The molecule has 0 aromatic carbocycles. The van der Waals surface area contributed by atoms with Gasteiger partial charge in [0.25, 0.3) is 0 Å². The zero-order valence-electron chi connectivity index (χ0n) is 6.76. The van der Waals surface area contributed by atoms with Crippen molar-refractivity contribution < 1.29 is 0 Å². The van der Waals surface area contributed by atoms with Crippen LogP contribution < -0.4 is 5.32 Å². The molecular weight excluding hydrogens is 216 g/mol. The Morgan fingerprint density at radius 1 is 1.50 bits per heavy atom. The highest BCUT2D eigenvalue weighted by Crippen LogP contribution is 2.28. The van der Waals surface area contributed by atoms with E-state index < -0.39 is 0 Å². The van der Waals surface area contributed by atoms with E-state index in [0.717, 1.165) is 22.8 Å². The molecule has 0 bridgehead atoms. The first-order valence-corrected chi connectivity index (χ1v) is 4.99. The van der Waals surface area contributed by atoms with Crippen molar-refractivity contribution in [1.82, 2.24) is 4.98 Å². The lowest BCUT2D eigenvalue weighted by Crippen LogP contribution is -2.02. The fourth-order valence-corrected chi connectivity index (χ4v) is 1.30. The van der Waals surface area contributed by atoms with Crippen LogP contribution in [0.4, 0.5) is 5.69 Å². The molecule has 0 spiro atoms. The average Bonchev–Trinajstić information content (AvgIpc) is 2.87. The summed E-state index contributed by atoms with van der Waals surface area (Å²) in [6.07, 6.45) is 4.63. The molecular formula is C9H11BrN2. The minimum atomic E-state index is 0.888. The normalized spacial score (nSPS) is 16.1. The first kappa shape index (κ1) is 8.05. The van der Waals surface area contributed by atoms with Gasteiger partial charge >= 0.3 is 0 Å². The van der Waals surface area contributed by atoms with Gasteiger partial charge < -0.3 is 5.32 Å². The van der Waals surface area contributed by atoms with Crippen LogP contribution in [0.15, 0.2) is 22.9 Å². The summed E-state index contributed by atoms with van der Waals surface area (Å²) in [6, 6.07) is 3.99. The van der Waals surface area contributed by atoms with Crippen LogP contribution in [0.3, 0.4) is 0 Å². The van der Waals surface area contributed by atoms with E-state index in [1.54, 1.807) is 0 Å². The zero-order valence-corrected chi connectivity index (χ0v) is 8.34. The molecule has 0 aliphatic heterocycles. The van der Waals surface area contributed by atoms with Crippen molar-refractivity contribution in [2.75, 3.05) is 11.9 Å². The van der Waals surface area contributed by atoms with Crippen molar-refractivity contribution in [1.29, 1.82) is 0 Å². The summed E-state index contributed by atoms with van der Waals surface area (Å²) < 4.78 is 0.888. The topological polar surface area (TPSA) is 24.9 Å². The maximum atomic E-state index is 4.13. The first-order valence-electron chi connectivity index (χ1n) is 4.20. The van der Waals surface area contributed by atoms with Gasteiger partial charge in [-0.2, -0.15) is 0 Å². The fourth-order valence-electron chi connectivity index (χ4n) is 1.06. The van der Waals surface area contributed by atoms with E-state index in [1.807, 2.05) is 18.3 Å². The van der Waals surface area contributed by atoms with Gasteiger partial charge in [0.1, 0.15) is 4.60 Å². The van der Waals surface area contributed by atoms with Gasteiger partial charge in [0, 0.05) is 6.54 Å². The Labute approximate surface area is 80.5 Å². The van der Waals surface area contributed by atoms with E-state index in [9.17, 15) is 0 Å². The number of pyridine rings is 1. The highest BCUT2D eigenvalue weighted by molar-refractivity contribution is 9.10. The lowest BCUT2D eigenvalue weighted by molar-refractivity contribution is 0.888. The maximum absolute atomic E-state index is 4.13. The molecule has 64 valence electrons. The number of hydrogen-bond donors (Lipinski definition) is 1.